The van der Waals surface area contributed by atoms with Gasteiger partial charge in [-0.05, 0) is 24.6 Å². The fourth-order valence-electron chi connectivity index (χ4n) is 1.42. The van der Waals surface area contributed by atoms with E-state index in [4.69, 9.17) is 0 Å². The molecular formula is C10H8F3NO3. The monoisotopic (exact) mass is 247 g/mol. The fraction of sp³-hybridized carbons (Fsp3) is 0.300. The van der Waals surface area contributed by atoms with Crippen LogP contribution in [0.2, 0.25) is 0 Å². The molecule has 92 valence electrons. The summed E-state index contributed by atoms with van der Waals surface area (Å²) in [6.07, 6.45) is -5.21. The number of halogens is 3. The number of nitrogens with one attached hydrogen (secondary N) is 1. The van der Waals surface area contributed by atoms with Gasteiger partial charge in [-0.1, -0.05) is 6.07 Å². The van der Waals surface area contributed by atoms with Crippen LogP contribution < -0.4 is 10.1 Å². The normalized spacial score (nSPS) is 23.7. The Balaban J connectivity index is 2.48. The van der Waals surface area contributed by atoms with E-state index in [1.807, 2.05) is 5.32 Å². The van der Waals surface area contributed by atoms with E-state index in [2.05, 4.69) is 4.74 Å². The lowest BCUT2D eigenvalue weighted by atomic mass is 10.1. The quantitative estimate of drug-likeness (QED) is 0.731. The van der Waals surface area contributed by atoms with Gasteiger partial charge in [-0.25, -0.2) is 0 Å². The van der Waals surface area contributed by atoms with Gasteiger partial charge in [0, 0.05) is 0 Å². The first-order valence-electron chi connectivity index (χ1n) is 4.64. The van der Waals surface area contributed by atoms with Crippen molar-refractivity contribution in [3.8, 4) is 5.75 Å². The van der Waals surface area contributed by atoms with Crippen LogP contribution in [0, 0.1) is 6.92 Å². The van der Waals surface area contributed by atoms with Crippen LogP contribution in [0.15, 0.2) is 18.2 Å². The lowest BCUT2D eigenvalue weighted by molar-refractivity contribution is -0.316. The van der Waals surface area contributed by atoms with E-state index < -0.39 is 17.9 Å². The summed E-state index contributed by atoms with van der Waals surface area (Å²) >= 11 is 0. The molecule has 2 rings (SSSR count). The Morgan fingerprint density at radius 1 is 1.41 bits per heavy atom. The maximum Gasteiger partial charge on any atom is 0.465 e. The van der Waals surface area contributed by atoms with Gasteiger partial charge in [0.05, 0.1) is 5.69 Å². The fourth-order valence-corrected chi connectivity index (χ4v) is 1.42. The number of hydrogen-bond donors (Lipinski definition) is 2. The van der Waals surface area contributed by atoms with Crippen LogP contribution in [-0.2, 0) is 4.79 Å². The predicted molar refractivity (Wildman–Crippen MR) is 51.4 cm³/mol. The zero-order valence-electron chi connectivity index (χ0n) is 8.63. The number of ether oxygens (including phenoxy) is 1. The summed E-state index contributed by atoms with van der Waals surface area (Å²) in [4.78, 5) is 11.2. The summed E-state index contributed by atoms with van der Waals surface area (Å²) in [7, 11) is 0. The van der Waals surface area contributed by atoms with Gasteiger partial charge >= 0.3 is 17.9 Å². The highest BCUT2D eigenvalue weighted by molar-refractivity contribution is 6.00. The first-order valence-corrected chi connectivity index (χ1v) is 4.64. The van der Waals surface area contributed by atoms with Crippen LogP contribution in [-0.4, -0.2) is 23.0 Å². The molecule has 2 N–H and O–H groups in total. The first kappa shape index (κ1) is 11.7. The molecule has 1 aliphatic rings. The number of anilines is 1. The van der Waals surface area contributed by atoms with Gasteiger partial charge in [-0.15, -0.1) is 0 Å². The Bertz CT molecular complexity index is 486. The second-order valence-electron chi connectivity index (χ2n) is 3.70. The highest BCUT2D eigenvalue weighted by atomic mass is 19.4. The lowest BCUT2D eigenvalue weighted by Crippen LogP contribution is -2.60. The van der Waals surface area contributed by atoms with Crippen molar-refractivity contribution in [1.29, 1.82) is 0 Å². The van der Waals surface area contributed by atoms with Crippen molar-refractivity contribution in [2.45, 2.75) is 18.9 Å². The van der Waals surface area contributed by atoms with Gasteiger partial charge < -0.3 is 15.2 Å². The molecule has 1 aliphatic heterocycles. The van der Waals surface area contributed by atoms with Gasteiger partial charge in [-0.3, -0.25) is 4.79 Å². The predicted octanol–water partition coefficient (Wildman–Crippen LogP) is 1.58. The summed E-state index contributed by atoms with van der Waals surface area (Å²) in [5.41, 5.74) is 0.735. The van der Waals surface area contributed by atoms with Gasteiger partial charge in [-0.2, -0.15) is 13.2 Å². The molecule has 1 atom stereocenters. The summed E-state index contributed by atoms with van der Waals surface area (Å²) in [5.74, 6) is -5.71. The number of benzene rings is 1. The molecule has 1 aromatic carbocycles. The van der Waals surface area contributed by atoms with E-state index in [9.17, 15) is 23.1 Å². The molecule has 0 spiro atoms. The average molecular weight is 247 g/mol. The standard InChI is InChI=1S/C10H8F3NO3/c1-5-2-3-6-7(4-5)17-9(16,8(15)14-6)10(11,12)13/h2-4,16H,1H3,(H,14,15)/t9-/m1/s1. The van der Waals surface area contributed by atoms with E-state index >= 15 is 0 Å². The Hall–Kier alpha value is -1.76. The minimum Gasteiger partial charge on any atom is -0.444 e. The first-order chi connectivity index (χ1) is 7.74. The molecular weight excluding hydrogens is 239 g/mol. The largest absolute Gasteiger partial charge is 0.465 e. The summed E-state index contributed by atoms with van der Waals surface area (Å²) in [6.45, 7) is 1.65. The third-order valence-corrected chi connectivity index (χ3v) is 2.33. The van der Waals surface area contributed by atoms with Crippen molar-refractivity contribution < 1.29 is 27.8 Å². The van der Waals surface area contributed by atoms with Crippen LogP contribution in [0.4, 0.5) is 18.9 Å². The number of carbonyl (C=O) groups excluding carboxylic acids is 1. The van der Waals surface area contributed by atoms with Crippen LogP contribution in [0.1, 0.15) is 5.56 Å². The highest BCUT2D eigenvalue weighted by Gasteiger charge is 2.64. The number of alkyl halides is 3. The molecule has 0 saturated carbocycles. The Labute approximate surface area is 94.0 Å². The van der Waals surface area contributed by atoms with Crippen LogP contribution >= 0.6 is 0 Å². The SMILES string of the molecule is Cc1ccc2c(c1)O[C@@](O)(C(F)(F)F)C(=O)N2. The van der Waals surface area contributed by atoms with Crippen LogP contribution in [0.5, 0.6) is 5.75 Å². The molecule has 1 heterocycles. The van der Waals surface area contributed by atoms with E-state index in [1.54, 1.807) is 13.0 Å². The zero-order valence-corrected chi connectivity index (χ0v) is 8.63. The van der Waals surface area contributed by atoms with Crippen molar-refractivity contribution in [2.75, 3.05) is 5.32 Å². The number of fused-ring (bicyclic) bond motifs is 1. The number of amides is 1. The van der Waals surface area contributed by atoms with Gasteiger partial charge in [0.25, 0.3) is 0 Å². The molecule has 0 saturated heterocycles. The molecule has 0 bridgehead atoms. The van der Waals surface area contributed by atoms with Gasteiger partial charge in [0.15, 0.2) is 0 Å². The van der Waals surface area contributed by atoms with Crippen molar-refractivity contribution in [1.82, 2.24) is 0 Å². The van der Waals surface area contributed by atoms with Gasteiger partial charge in [0.1, 0.15) is 5.75 Å². The third-order valence-electron chi connectivity index (χ3n) is 2.33. The number of rotatable bonds is 0. The Morgan fingerprint density at radius 3 is 2.65 bits per heavy atom. The summed E-state index contributed by atoms with van der Waals surface area (Å²) in [6, 6.07) is 4.30. The Kier molecular flexibility index (Phi) is 2.32. The van der Waals surface area contributed by atoms with Crippen molar-refractivity contribution in [3.05, 3.63) is 23.8 Å². The molecule has 7 heteroatoms. The van der Waals surface area contributed by atoms with Crippen molar-refractivity contribution in [3.63, 3.8) is 0 Å². The Morgan fingerprint density at radius 2 is 2.06 bits per heavy atom. The summed E-state index contributed by atoms with van der Waals surface area (Å²) in [5, 5.41) is 11.2. The van der Waals surface area contributed by atoms with E-state index in [0.717, 1.165) is 0 Å². The highest BCUT2D eigenvalue weighted by Crippen LogP contribution is 2.40. The number of aryl methyl sites for hydroxylation is 1. The molecule has 1 amide bonds. The van der Waals surface area contributed by atoms with Crippen LogP contribution in [0.3, 0.4) is 0 Å². The van der Waals surface area contributed by atoms with E-state index in [0.29, 0.717) is 5.56 Å². The number of hydrogen-bond acceptors (Lipinski definition) is 3. The maximum atomic E-state index is 12.5. The average Bonchev–Trinajstić information content (AvgIpc) is 2.18. The summed E-state index contributed by atoms with van der Waals surface area (Å²) < 4.78 is 42.0. The topological polar surface area (TPSA) is 58.6 Å². The zero-order chi connectivity index (χ0) is 12.8. The third kappa shape index (κ3) is 1.72. The molecule has 0 radical (unpaired) electrons. The lowest BCUT2D eigenvalue weighted by Gasteiger charge is -2.33. The minimum absolute atomic E-state index is 0.0922. The van der Waals surface area contributed by atoms with Gasteiger partial charge in [0.2, 0.25) is 0 Å². The number of aliphatic hydroxyl groups is 1. The smallest absolute Gasteiger partial charge is 0.444 e. The molecule has 17 heavy (non-hydrogen) atoms. The van der Waals surface area contributed by atoms with E-state index in [1.165, 1.54) is 12.1 Å². The van der Waals surface area contributed by atoms with E-state index in [-0.39, 0.29) is 11.4 Å². The van der Waals surface area contributed by atoms with Crippen molar-refractivity contribution >= 4 is 11.6 Å². The second-order valence-corrected chi connectivity index (χ2v) is 3.70. The molecule has 0 unspecified atom stereocenters. The van der Waals surface area contributed by atoms with Crippen molar-refractivity contribution in [2.24, 2.45) is 0 Å². The van der Waals surface area contributed by atoms with Crippen LogP contribution in [0.25, 0.3) is 0 Å². The molecule has 0 aromatic heterocycles. The molecule has 1 aromatic rings. The molecule has 0 aliphatic carbocycles. The second kappa shape index (κ2) is 3.36. The maximum absolute atomic E-state index is 12.5. The number of carbonyl (C=O) groups is 1. The molecule has 4 nitrogen and oxygen atoms in total. The molecule has 0 fully saturated rings. The minimum atomic E-state index is -5.21.